The van der Waals surface area contributed by atoms with E-state index in [1.165, 1.54) is 19.8 Å². The molecule has 0 heterocycles. The third-order valence-corrected chi connectivity index (χ3v) is 4.69. The van der Waals surface area contributed by atoms with E-state index in [0.717, 1.165) is 36.8 Å². The van der Waals surface area contributed by atoms with Gasteiger partial charge in [-0.25, -0.2) is 0 Å². The van der Waals surface area contributed by atoms with E-state index in [1.54, 1.807) is 0 Å². The van der Waals surface area contributed by atoms with E-state index < -0.39 is 11.3 Å². The van der Waals surface area contributed by atoms with Crippen LogP contribution in [0.1, 0.15) is 53.7 Å². The number of rotatable bonds is 6. The summed E-state index contributed by atoms with van der Waals surface area (Å²) in [6.45, 7) is 0. The molecule has 0 aliphatic heterocycles. The summed E-state index contributed by atoms with van der Waals surface area (Å²) < 4.78 is 9.40. The maximum atomic E-state index is 11.7. The van der Waals surface area contributed by atoms with Gasteiger partial charge in [-0.2, -0.15) is 0 Å². The number of carbonyl (C=O) groups is 2. The Labute approximate surface area is 135 Å². The minimum Gasteiger partial charge on any atom is -0.469 e. The topological polar surface area (TPSA) is 52.6 Å². The van der Waals surface area contributed by atoms with Crippen molar-refractivity contribution in [2.45, 2.75) is 43.4 Å². The van der Waals surface area contributed by atoms with Crippen molar-refractivity contribution in [3.63, 3.8) is 0 Å². The van der Waals surface area contributed by atoms with E-state index in [0.29, 0.717) is 12.3 Å². The number of methoxy groups -OCH3 is 2. The van der Waals surface area contributed by atoms with Crippen LogP contribution in [-0.2, 0) is 25.5 Å². The molecule has 0 spiro atoms. The zero-order valence-electron chi connectivity index (χ0n) is 12.9. The fraction of sp³-hybridized carbons (Fsp3) is 0.529. The molecule has 1 aliphatic carbocycles. The van der Waals surface area contributed by atoms with Gasteiger partial charge < -0.3 is 9.47 Å². The first-order valence-electron chi connectivity index (χ1n) is 7.48. The number of hydrogen-bond acceptors (Lipinski definition) is 4. The van der Waals surface area contributed by atoms with E-state index in [-0.39, 0.29) is 5.97 Å². The van der Waals surface area contributed by atoms with E-state index >= 15 is 0 Å². The van der Waals surface area contributed by atoms with Crippen molar-refractivity contribution in [3.8, 4) is 0 Å². The molecule has 0 N–H and O–H groups in total. The Hall–Kier alpha value is -1.55. The highest BCUT2D eigenvalue weighted by Gasteiger charge is 2.29. The normalized spacial score (nSPS) is 17.7. The summed E-state index contributed by atoms with van der Waals surface area (Å²) in [5, 5.41) is -0.756. The Kier molecular flexibility index (Phi) is 5.83. The molecule has 0 saturated carbocycles. The minimum absolute atomic E-state index is 0.168. The minimum atomic E-state index is -0.756. The second kappa shape index (κ2) is 7.63. The Morgan fingerprint density at radius 1 is 1.32 bits per heavy atom. The molecule has 5 heteroatoms. The summed E-state index contributed by atoms with van der Waals surface area (Å²) in [7, 11) is 2.75. The predicted molar refractivity (Wildman–Crippen MR) is 84.0 cm³/mol. The monoisotopic (exact) mass is 324 g/mol. The van der Waals surface area contributed by atoms with E-state index in [9.17, 15) is 9.59 Å². The SMILES string of the molecule is COC(=O)CCCC1CCc2c1cccc2C(Cl)C(=O)OC. The molecule has 22 heavy (non-hydrogen) atoms. The average molecular weight is 325 g/mol. The molecule has 1 aliphatic rings. The molecule has 0 radical (unpaired) electrons. The predicted octanol–water partition coefficient (Wildman–Crippen LogP) is 3.51. The van der Waals surface area contributed by atoms with Gasteiger partial charge in [0, 0.05) is 6.42 Å². The molecule has 0 amide bonds. The highest BCUT2D eigenvalue weighted by atomic mass is 35.5. The molecule has 1 aromatic rings. The van der Waals surface area contributed by atoms with Crippen LogP contribution in [0.25, 0.3) is 0 Å². The van der Waals surface area contributed by atoms with Crippen LogP contribution in [-0.4, -0.2) is 26.2 Å². The second-order valence-corrected chi connectivity index (χ2v) is 5.94. The van der Waals surface area contributed by atoms with Crippen molar-refractivity contribution in [2.75, 3.05) is 14.2 Å². The largest absolute Gasteiger partial charge is 0.469 e. The van der Waals surface area contributed by atoms with Gasteiger partial charge in [-0.15, -0.1) is 11.6 Å². The Balaban J connectivity index is 2.09. The van der Waals surface area contributed by atoms with Crippen LogP contribution in [0, 0.1) is 0 Å². The van der Waals surface area contributed by atoms with Crippen LogP contribution in [0.4, 0.5) is 0 Å². The van der Waals surface area contributed by atoms with Crippen LogP contribution in [0.2, 0.25) is 0 Å². The molecule has 0 aromatic heterocycles. The van der Waals surface area contributed by atoms with Gasteiger partial charge in [-0.1, -0.05) is 18.2 Å². The van der Waals surface area contributed by atoms with Crippen molar-refractivity contribution in [1.82, 2.24) is 0 Å². The van der Waals surface area contributed by atoms with E-state index in [1.807, 2.05) is 12.1 Å². The molecule has 4 nitrogen and oxygen atoms in total. The lowest BCUT2D eigenvalue weighted by molar-refractivity contribution is -0.141. The number of hydrogen-bond donors (Lipinski definition) is 0. The standard InChI is InChI=1S/C17H21ClO4/c1-21-15(19)8-3-5-11-9-10-13-12(11)6-4-7-14(13)16(18)17(20)22-2/h4,6-7,11,16H,3,5,8-10H2,1-2H3. The van der Waals surface area contributed by atoms with Gasteiger partial charge in [0.1, 0.15) is 0 Å². The molecule has 120 valence electrons. The first-order valence-corrected chi connectivity index (χ1v) is 7.92. The summed E-state index contributed by atoms with van der Waals surface area (Å²) in [6.07, 6.45) is 4.13. The van der Waals surface area contributed by atoms with Crippen molar-refractivity contribution in [1.29, 1.82) is 0 Å². The third kappa shape index (κ3) is 3.61. The molecule has 2 atom stereocenters. The number of carbonyl (C=O) groups excluding carboxylic acids is 2. The van der Waals surface area contributed by atoms with Crippen LogP contribution >= 0.6 is 11.6 Å². The first kappa shape index (κ1) is 16.8. The number of ether oxygens (including phenoxy) is 2. The smallest absolute Gasteiger partial charge is 0.328 e. The summed E-state index contributed by atoms with van der Waals surface area (Å²) in [5.41, 5.74) is 3.26. The van der Waals surface area contributed by atoms with Gasteiger partial charge in [0.15, 0.2) is 5.38 Å². The van der Waals surface area contributed by atoms with Gasteiger partial charge in [-0.05, 0) is 48.3 Å². The fourth-order valence-electron chi connectivity index (χ4n) is 3.13. The van der Waals surface area contributed by atoms with Crippen LogP contribution < -0.4 is 0 Å². The highest BCUT2D eigenvalue weighted by molar-refractivity contribution is 6.30. The number of alkyl halides is 1. The van der Waals surface area contributed by atoms with Gasteiger partial charge in [-0.3, -0.25) is 9.59 Å². The fourth-order valence-corrected chi connectivity index (χ4v) is 3.42. The number of fused-ring (bicyclic) bond motifs is 1. The van der Waals surface area contributed by atoms with Crippen molar-refractivity contribution in [3.05, 3.63) is 34.9 Å². The number of halogens is 1. The molecule has 2 rings (SSSR count). The Morgan fingerprint density at radius 3 is 2.77 bits per heavy atom. The van der Waals surface area contributed by atoms with Gasteiger partial charge in [0.25, 0.3) is 0 Å². The quantitative estimate of drug-likeness (QED) is 0.593. The van der Waals surface area contributed by atoms with Crippen LogP contribution in [0.15, 0.2) is 18.2 Å². The highest BCUT2D eigenvalue weighted by Crippen LogP contribution is 2.41. The third-order valence-electron chi connectivity index (χ3n) is 4.27. The molecule has 1 aromatic carbocycles. The molecule has 2 unspecified atom stereocenters. The second-order valence-electron chi connectivity index (χ2n) is 5.50. The maximum Gasteiger partial charge on any atom is 0.328 e. The van der Waals surface area contributed by atoms with Crippen molar-refractivity contribution in [2.24, 2.45) is 0 Å². The van der Waals surface area contributed by atoms with Crippen molar-refractivity contribution < 1.29 is 19.1 Å². The molecular weight excluding hydrogens is 304 g/mol. The van der Waals surface area contributed by atoms with Crippen LogP contribution in [0.3, 0.4) is 0 Å². The van der Waals surface area contributed by atoms with Gasteiger partial charge in [0.05, 0.1) is 14.2 Å². The number of esters is 2. The Bertz CT molecular complexity index is 556. The first-order chi connectivity index (χ1) is 10.6. The van der Waals surface area contributed by atoms with Crippen LogP contribution in [0.5, 0.6) is 0 Å². The molecular formula is C17H21ClO4. The molecule has 0 saturated heterocycles. The van der Waals surface area contributed by atoms with Gasteiger partial charge >= 0.3 is 11.9 Å². The summed E-state index contributed by atoms with van der Waals surface area (Å²) in [6, 6.07) is 5.92. The van der Waals surface area contributed by atoms with Gasteiger partial charge in [0.2, 0.25) is 0 Å². The molecule has 0 fully saturated rings. The van der Waals surface area contributed by atoms with E-state index in [4.69, 9.17) is 16.3 Å². The van der Waals surface area contributed by atoms with E-state index in [2.05, 4.69) is 10.8 Å². The zero-order chi connectivity index (χ0) is 16.1. The summed E-state index contributed by atoms with van der Waals surface area (Å²) in [4.78, 5) is 22.9. The zero-order valence-corrected chi connectivity index (χ0v) is 13.7. The number of benzene rings is 1. The maximum absolute atomic E-state index is 11.7. The summed E-state index contributed by atoms with van der Waals surface area (Å²) in [5.74, 6) is -0.177. The lowest BCUT2D eigenvalue weighted by Gasteiger charge is -2.15. The lowest BCUT2D eigenvalue weighted by atomic mass is 9.93. The Morgan fingerprint density at radius 2 is 2.09 bits per heavy atom. The summed E-state index contributed by atoms with van der Waals surface area (Å²) >= 11 is 6.22. The van der Waals surface area contributed by atoms with Crippen molar-refractivity contribution >= 4 is 23.5 Å². The lowest BCUT2D eigenvalue weighted by Crippen LogP contribution is -2.10. The average Bonchev–Trinajstić information content (AvgIpc) is 2.96. The molecule has 0 bridgehead atoms.